The maximum atomic E-state index is 3.70. The standard InChI is InChI=1S/C14H18/c1-5-9-12-13(8-4)14(10-6-2)11-7-3/h5-12H,1-2H2,3-4H3/b11-7-,12-9-,13-8+,14-10-. The van der Waals surface area contributed by atoms with Gasteiger partial charge in [0.2, 0.25) is 0 Å². The molecule has 0 nitrogen and oxygen atoms in total. The smallest absolute Gasteiger partial charge is 0.0191 e. The van der Waals surface area contributed by atoms with Crippen molar-refractivity contribution in [2.45, 2.75) is 13.8 Å². The molecule has 0 rings (SSSR count). The molecule has 0 aromatic heterocycles. The van der Waals surface area contributed by atoms with E-state index in [1.807, 2.05) is 38.2 Å². The highest BCUT2D eigenvalue weighted by molar-refractivity contribution is 5.47. The van der Waals surface area contributed by atoms with Gasteiger partial charge in [-0.05, 0) is 25.0 Å². The molecule has 0 heterocycles. The lowest BCUT2D eigenvalue weighted by Crippen LogP contribution is -1.81. The normalized spacial score (nSPS) is 13.9. The minimum absolute atomic E-state index is 1.16. The van der Waals surface area contributed by atoms with E-state index in [9.17, 15) is 0 Å². The molecule has 14 heavy (non-hydrogen) atoms. The monoisotopic (exact) mass is 186 g/mol. The van der Waals surface area contributed by atoms with Crippen LogP contribution in [0.25, 0.3) is 0 Å². The van der Waals surface area contributed by atoms with E-state index in [1.165, 1.54) is 5.57 Å². The van der Waals surface area contributed by atoms with Crippen LogP contribution in [-0.4, -0.2) is 0 Å². The summed E-state index contributed by atoms with van der Waals surface area (Å²) in [7, 11) is 0. The SMILES string of the molecule is C=C\C=C/C(=C\C)C(/C=C\C)=C\C=C. The molecule has 0 N–H and O–H groups in total. The minimum atomic E-state index is 1.16. The molecule has 0 atom stereocenters. The van der Waals surface area contributed by atoms with Crippen LogP contribution < -0.4 is 0 Å². The molecule has 0 saturated carbocycles. The summed E-state index contributed by atoms with van der Waals surface area (Å²) in [5.41, 5.74) is 2.33. The second-order valence-corrected chi connectivity index (χ2v) is 2.70. The van der Waals surface area contributed by atoms with Gasteiger partial charge in [-0.15, -0.1) is 0 Å². The Morgan fingerprint density at radius 3 is 2.07 bits per heavy atom. The zero-order valence-electron chi connectivity index (χ0n) is 9.03. The Hall–Kier alpha value is -1.56. The molecule has 0 unspecified atom stereocenters. The molecule has 0 aliphatic carbocycles. The van der Waals surface area contributed by atoms with E-state index in [0.29, 0.717) is 0 Å². The Labute approximate surface area is 87.3 Å². The molecular weight excluding hydrogens is 168 g/mol. The maximum Gasteiger partial charge on any atom is -0.0191 e. The fraction of sp³-hybridized carbons (Fsp3) is 0.143. The van der Waals surface area contributed by atoms with Crippen molar-refractivity contribution in [3.05, 3.63) is 72.9 Å². The van der Waals surface area contributed by atoms with Gasteiger partial charge in [0, 0.05) is 0 Å². The van der Waals surface area contributed by atoms with Crippen LogP contribution >= 0.6 is 0 Å². The zero-order valence-corrected chi connectivity index (χ0v) is 9.03. The fourth-order valence-corrected chi connectivity index (χ4v) is 1.09. The molecule has 0 aliphatic rings. The Morgan fingerprint density at radius 1 is 0.929 bits per heavy atom. The lowest BCUT2D eigenvalue weighted by molar-refractivity contribution is 1.49. The third-order valence-corrected chi connectivity index (χ3v) is 1.70. The van der Waals surface area contributed by atoms with Gasteiger partial charge in [-0.25, -0.2) is 0 Å². The molecule has 0 spiro atoms. The van der Waals surface area contributed by atoms with E-state index >= 15 is 0 Å². The van der Waals surface area contributed by atoms with Crippen molar-refractivity contribution in [1.82, 2.24) is 0 Å². The van der Waals surface area contributed by atoms with Gasteiger partial charge in [-0.1, -0.05) is 61.8 Å². The summed E-state index contributed by atoms with van der Waals surface area (Å²) in [6.07, 6.45) is 15.6. The molecule has 0 aromatic carbocycles. The lowest BCUT2D eigenvalue weighted by Gasteiger charge is -2.01. The highest BCUT2D eigenvalue weighted by Crippen LogP contribution is 2.13. The summed E-state index contributed by atoms with van der Waals surface area (Å²) < 4.78 is 0. The van der Waals surface area contributed by atoms with Crippen LogP contribution in [0.2, 0.25) is 0 Å². The van der Waals surface area contributed by atoms with E-state index in [1.54, 1.807) is 12.2 Å². The summed E-state index contributed by atoms with van der Waals surface area (Å²) in [6, 6.07) is 0. The summed E-state index contributed by atoms with van der Waals surface area (Å²) in [6.45, 7) is 11.4. The van der Waals surface area contributed by atoms with Crippen LogP contribution in [0.4, 0.5) is 0 Å². The van der Waals surface area contributed by atoms with Gasteiger partial charge in [0.1, 0.15) is 0 Å². The zero-order chi connectivity index (χ0) is 10.8. The van der Waals surface area contributed by atoms with Crippen molar-refractivity contribution >= 4 is 0 Å². The summed E-state index contributed by atoms with van der Waals surface area (Å²) in [5.74, 6) is 0. The third kappa shape index (κ3) is 4.46. The highest BCUT2D eigenvalue weighted by Gasteiger charge is 1.94. The first-order valence-electron chi connectivity index (χ1n) is 4.71. The van der Waals surface area contributed by atoms with Gasteiger partial charge in [0.25, 0.3) is 0 Å². The van der Waals surface area contributed by atoms with Gasteiger partial charge in [-0.3, -0.25) is 0 Å². The van der Waals surface area contributed by atoms with E-state index in [4.69, 9.17) is 0 Å². The van der Waals surface area contributed by atoms with Crippen molar-refractivity contribution in [2.75, 3.05) is 0 Å². The molecule has 0 amide bonds. The Kier molecular flexibility index (Phi) is 7.16. The van der Waals surface area contributed by atoms with E-state index in [2.05, 4.69) is 25.3 Å². The summed E-state index contributed by atoms with van der Waals surface area (Å²) in [5, 5.41) is 0. The summed E-state index contributed by atoms with van der Waals surface area (Å²) in [4.78, 5) is 0. The molecule has 0 aliphatic heterocycles. The van der Waals surface area contributed by atoms with Gasteiger partial charge in [0.05, 0.1) is 0 Å². The van der Waals surface area contributed by atoms with Gasteiger partial charge < -0.3 is 0 Å². The Bertz CT molecular complexity index is 296. The first-order valence-corrected chi connectivity index (χ1v) is 4.71. The Morgan fingerprint density at radius 2 is 1.64 bits per heavy atom. The molecule has 0 saturated heterocycles. The van der Waals surface area contributed by atoms with Crippen molar-refractivity contribution < 1.29 is 0 Å². The molecule has 0 heteroatoms. The second-order valence-electron chi connectivity index (χ2n) is 2.70. The third-order valence-electron chi connectivity index (χ3n) is 1.70. The maximum absolute atomic E-state index is 3.70. The van der Waals surface area contributed by atoms with Crippen LogP contribution in [0, 0.1) is 0 Å². The van der Waals surface area contributed by atoms with Crippen LogP contribution in [-0.2, 0) is 0 Å². The molecule has 0 aromatic rings. The van der Waals surface area contributed by atoms with Crippen LogP contribution in [0.3, 0.4) is 0 Å². The van der Waals surface area contributed by atoms with Crippen LogP contribution in [0.15, 0.2) is 72.9 Å². The number of hydrogen-bond donors (Lipinski definition) is 0. The molecular formula is C14H18. The van der Waals surface area contributed by atoms with Gasteiger partial charge >= 0.3 is 0 Å². The predicted molar refractivity (Wildman–Crippen MR) is 66.2 cm³/mol. The van der Waals surface area contributed by atoms with E-state index < -0.39 is 0 Å². The minimum Gasteiger partial charge on any atom is -0.0991 e. The first kappa shape index (κ1) is 12.4. The fourth-order valence-electron chi connectivity index (χ4n) is 1.09. The number of hydrogen-bond acceptors (Lipinski definition) is 0. The van der Waals surface area contributed by atoms with Crippen LogP contribution in [0.5, 0.6) is 0 Å². The predicted octanol–water partition coefficient (Wildman–Crippen LogP) is 4.36. The molecule has 0 bridgehead atoms. The van der Waals surface area contributed by atoms with E-state index in [-0.39, 0.29) is 0 Å². The van der Waals surface area contributed by atoms with E-state index in [0.717, 1.165) is 5.57 Å². The van der Waals surface area contributed by atoms with Gasteiger partial charge in [-0.2, -0.15) is 0 Å². The summed E-state index contributed by atoms with van der Waals surface area (Å²) >= 11 is 0. The van der Waals surface area contributed by atoms with Crippen molar-refractivity contribution in [1.29, 1.82) is 0 Å². The number of rotatable bonds is 5. The van der Waals surface area contributed by atoms with Crippen molar-refractivity contribution in [3.63, 3.8) is 0 Å². The average molecular weight is 186 g/mol. The topological polar surface area (TPSA) is 0 Å². The quantitative estimate of drug-likeness (QED) is 0.559. The van der Waals surface area contributed by atoms with Crippen molar-refractivity contribution in [3.8, 4) is 0 Å². The second kappa shape index (κ2) is 8.06. The van der Waals surface area contributed by atoms with Crippen LogP contribution in [0.1, 0.15) is 13.8 Å². The number of allylic oxidation sites excluding steroid dienone is 10. The first-order chi connectivity index (χ1) is 6.79. The Balaban J connectivity index is 4.96. The molecule has 0 fully saturated rings. The largest absolute Gasteiger partial charge is 0.0991 e. The molecule has 0 radical (unpaired) electrons. The van der Waals surface area contributed by atoms with Crippen molar-refractivity contribution in [2.24, 2.45) is 0 Å². The molecule has 74 valence electrons. The lowest BCUT2D eigenvalue weighted by atomic mass is 10.0. The highest BCUT2D eigenvalue weighted by atomic mass is 14.0. The van der Waals surface area contributed by atoms with Gasteiger partial charge in [0.15, 0.2) is 0 Å². The average Bonchev–Trinajstić information content (AvgIpc) is 2.19.